The third-order valence-electron chi connectivity index (χ3n) is 6.06. The van der Waals surface area contributed by atoms with Crippen molar-refractivity contribution >= 4 is 33.3 Å². The standard InChI is InChI=1S/C24H27F3N2O3S2/c1-13(2)12-29-22-19(21(31)28(3)23(29)32)20(33-16-9-8-15(30)11-16)18(34-22)10-14-6-4-5-7-17(14)24(25,26)27/h4-7,13,15-16,30H,8-12H2,1-3H3/t15-,16-/m1/s1. The third kappa shape index (κ3) is 4.85. The normalized spacial score (nSPS) is 18.9. The van der Waals surface area contributed by atoms with E-state index >= 15 is 0 Å². The summed E-state index contributed by atoms with van der Waals surface area (Å²) in [5.41, 5.74) is -1.44. The summed E-state index contributed by atoms with van der Waals surface area (Å²) in [6.07, 6.45) is -2.93. The van der Waals surface area contributed by atoms with Crippen LogP contribution in [0.2, 0.25) is 0 Å². The maximum atomic E-state index is 13.7. The topological polar surface area (TPSA) is 64.2 Å². The number of thioether (sulfide) groups is 1. The Morgan fingerprint density at radius 3 is 2.53 bits per heavy atom. The lowest BCUT2D eigenvalue weighted by atomic mass is 10.0. The van der Waals surface area contributed by atoms with Crippen LogP contribution in [-0.4, -0.2) is 25.6 Å². The average Bonchev–Trinajstić information content (AvgIpc) is 3.33. The van der Waals surface area contributed by atoms with E-state index in [9.17, 15) is 27.9 Å². The molecule has 5 nitrogen and oxygen atoms in total. The lowest BCUT2D eigenvalue weighted by Crippen LogP contribution is -2.38. The zero-order chi connectivity index (χ0) is 24.8. The molecule has 0 unspecified atom stereocenters. The highest BCUT2D eigenvalue weighted by Gasteiger charge is 2.34. The fourth-order valence-electron chi connectivity index (χ4n) is 4.43. The van der Waals surface area contributed by atoms with E-state index in [0.29, 0.717) is 39.4 Å². The Kier molecular flexibility index (Phi) is 7.04. The molecule has 34 heavy (non-hydrogen) atoms. The molecule has 184 valence electrons. The quantitative estimate of drug-likeness (QED) is 0.503. The van der Waals surface area contributed by atoms with Gasteiger partial charge in [0.15, 0.2) is 0 Å². The molecular formula is C24H27F3N2O3S2. The first kappa shape index (κ1) is 25.1. The Balaban J connectivity index is 1.94. The number of alkyl halides is 3. The van der Waals surface area contributed by atoms with Gasteiger partial charge in [-0.3, -0.25) is 13.9 Å². The van der Waals surface area contributed by atoms with Crippen molar-refractivity contribution in [3.8, 4) is 0 Å². The third-order valence-corrected chi connectivity index (χ3v) is 8.85. The van der Waals surface area contributed by atoms with Crippen molar-refractivity contribution in [1.82, 2.24) is 9.13 Å². The van der Waals surface area contributed by atoms with E-state index < -0.39 is 29.1 Å². The van der Waals surface area contributed by atoms with Gasteiger partial charge in [0, 0.05) is 35.0 Å². The molecular weight excluding hydrogens is 485 g/mol. The molecule has 1 N–H and O–H groups in total. The van der Waals surface area contributed by atoms with Gasteiger partial charge in [-0.15, -0.1) is 23.1 Å². The Labute approximate surface area is 203 Å². The van der Waals surface area contributed by atoms with Gasteiger partial charge in [-0.05, 0) is 36.8 Å². The number of thiophene rings is 1. The Morgan fingerprint density at radius 2 is 1.91 bits per heavy atom. The first-order valence-electron chi connectivity index (χ1n) is 11.2. The van der Waals surface area contributed by atoms with Crippen molar-refractivity contribution < 1.29 is 18.3 Å². The van der Waals surface area contributed by atoms with Crippen molar-refractivity contribution in [3.05, 3.63) is 61.1 Å². The van der Waals surface area contributed by atoms with Crippen LogP contribution in [0.5, 0.6) is 0 Å². The van der Waals surface area contributed by atoms with Crippen LogP contribution >= 0.6 is 23.1 Å². The van der Waals surface area contributed by atoms with Gasteiger partial charge in [0.05, 0.1) is 17.1 Å². The highest BCUT2D eigenvalue weighted by Crippen LogP contribution is 2.44. The maximum absolute atomic E-state index is 13.7. The summed E-state index contributed by atoms with van der Waals surface area (Å²) in [4.78, 5) is 28.0. The molecule has 1 aliphatic carbocycles. The molecule has 2 aromatic heterocycles. The average molecular weight is 513 g/mol. The van der Waals surface area contributed by atoms with Crippen LogP contribution in [0.3, 0.4) is 0 Å². The Morgan fingerprint density at radius 1 is 1.21 bits per heavy atom. The molecule has 1 aliphatic rings. The molecule has 2 atom stereocenters. The zero-order valence-electron chi connectivity index (χ0n) is 19.2. The number of aromatic nitrogens is 2. The van der Waals surface area contributed by atoms with Gasteiger partial charge in [0.1, 0.15) is 4.83 Å². The van der Waals surface area contributed by atoms with E-state index in [4.69, 9.17) is 0 Å². The summed E-state index contributed by atoms with van der Waals surface area (Å²) in [6, 6.07) is 5.46. The van der Waals surface area contributed by atoms with Gasteiger partial charge in [-0.25, -0.2) is 4.79 Å². The monoisotopic (exact) mass is 512 g/mol. The number of fused-ring (bicyclic) bond motifs is 1. The van der Waals surface area contributed by atoms with E-state index in [1.54, 1.807) is 10.6 Å². The zero-order valence-corrected chi connectivity index (χ0v) is 20.8. The summed E-state index contributed by atoms with van der Waals surface area (Å²) in [6.45, 7) is 4.33. The summed E-state index contributed by atoms with van der Waals surface area (Å²) in [5, 5.41) is 10.4. The van der Waals surface area contributed by atoms with Crippen molar-refractivity contribution in [2.75, 3.05) is 0 Å². The largest absolute Gasteiger partial charge is 0.416 e. The van der Waals surface area contributed by atoms with E-state index in [1.165, 1.54) is 42.3 Å². The molecule has 0 aliphatic heterocycles. The Hall–Kier alpha value is -2.04. The number of rotatable bonds is 6. The number of halogens is 3. The minimum absolute atomic E-state index is 0.00562. The van der Waals surface area contributed by atoms with Crippen molar-refractivity contribution in [1.29, 1.82) is 0 Å². The second-order valence-corrected chi connectivity index (χ2v) is 11.6. The molecule has 0 amide bonds. The molecule has 10 heteroatoms. The van der Waals surface area contributed by atoms with Gasteiger partial charge in [-0.1, -0.05) is 32.0 Å². The predicted molar refractivity (Wildman–Crippen MR) is 130 cm³/mol. The van der Waals surface area contributed by atoms with Gasteiger partial charge in [-0.2, -0.15) is 13.2 Å². The lowest BCUT2D eigenvalue weighted by Gasteiger charge is -2.14. The molecule has 0 saturated heterocycles. The summed E-state index contributed by atoms with van der Waals surface area (Å²) >= 11 is 2.67. The molecule has 1 saturated carbocycles. The predicted octanol–water partition coefficient (Wildman–Crippen LogP) is 5.03. The summed E-state index contributed by atoms with van der Waals surface area (Å²) < 4.78 is 43.7. The second-order valence-electron chi connectivity index (χ2n) is 9.22. The number of aliphatic hydroxyl groups is 1. The number of nitrogens with zero attached hydrogens (tertiary/aromatic N) is 2. The molecule has 1 aromatic carbocycles. The van der Waals surface area contributed by atoms with E-state index in [2.05, 4.69) is 0 Å². The highest BCUT2D eigenvalue weighted by atomic mass is 32.2. The first-order chi connectivity index (χ1) is 16.0. The first-order valence-corrected chi connectivity index (χ1v) is 12.9. The van der Waals surface area contributed by atoms with Crippen LogP contribution in [0.1, 0.15) is 49.1 Å². The minimum atomic E-state index is -4.49. The van der Waals surface area contributed by atoms with Crippen molar-refractivity contribution in [2.24, 2.45) is 13.0 Å². The Bertz CT molecular complexity index is 1320. The van der Waals surface area contributed by atoms with Gasteiger partial charge in [0.25, 0.3) is 5.56 Å². The molecule has 1 fully saturated rings. The van der Waals surface area contributed by atoms with Crippen molar-refractivity contribution in [3.63, 3.8) is 0 Å². The maximum Gasteiger partial charge on any atom is 0.416 e. The summed E-state index contributed by atoms with van der Waals surface area (Å²) in [7, 11) is 1.44. The molecule has 3 aromatic rings. The molecule has 0 radical (unpaired) electrons. The van der Waals surface area contributed by atoms with E-state index in [-0.39, 0.29) is 23.2 Å². The van der Waals surface area contributed by atoms with Crippen LogP contribution in [0.15, 0.2) is 38.8 Å². The van der Waals surface area contributed by atoms with Gasteiger partial charge < -0.3 is 5.11 Å². The fourth-order valence-corrected chi connectivity index (χ4v) is 7.39. The fraction of sp³-hybridized carbons (Fsp3) is 0.500. The van der Waals surface area contributed by atoms with Crippen LogP contribution < -0.4 is 11.2 Å². The van der Waals surface area contributed by atoms with Gasteiger partial charge in [0.2, 0.25) is 0 Å². The number of hydrogen-bond acceptors (Lipinski definition) is 5. The van der Waals surface area contributed by atoms with Crippen LogP contribution in [0.25, 0.3) is 10.2 Å². The molecule has 2 heterocycles. The summed E-state index contributed by atoms with van der Waals surface area (Å²) in [5.74, 6) is 0.135. The van der Waals surface area contributed by atoms with Crippen LogP contribution in [0.4, 0.5) is 13.2 Å². The van der Waals surface area contributed by atoms with Crippen LogP contribution in [-0.2, 0) is 26.2 Å². The second kappa shape index (κ2) is 9.54. The number of benzene rings is 1. The minimum Gasteiger partial charge on any atom is -0.393 e. The smallest absolute Gasteiger partial charge is 0.393 e. The molecule has 0 bridgehead atoms. The molecule has 0 spiro atoms. The SMILES string of the molecule is CC(C)Cn1c(=O)n(C)c(=O)c2c(S[C@@H]3CC[C@@H](O)C3)c(Cc3ccccc3C(F)(F)F)sc21. The van der Waals surface area contributed by atoms with E-state index in [1.807, 2.05) is 13.8 Å². The molecule has 4 rings (SSSR count). The van der Waals surface area contributed by atoms with E-state index in [0.717, 1.165) is 17.1 Å². The number of aliphatic hydroxyl groups excluding tert-OH is 1. The van der Waals surface area contributed by atoms with Crippen LogP contribution in [0, 0.1) is 5.92 Å². The van der Waals surface area contributed by atoms with Gasteiger partial charge >= 0.3 is 11.9 Å². The highest BCUT2D eigenvalue weighted by molar-refractivity contribution is 8.00. The van der Waals surface area contributed by atoms with Crippen molar-refractivity contribution in [2.45, 2.75) is 68.5 Å². The lowest BCUT2D eigenvalue weighted by molar-refractivity contribution is -0.138. The number of hydrogen-bond donors (Lipinski definition) is 1.